The van der Waals surface area contributed by atoms with Crippen molar-refractivity contribution < 1.29 is 22.7 Å². The van der Waals surface area contributed by atoms with E-state index in [4.69, 9.17) is 4.74 Å². The number of carbonyl (C=O) groups is 1. The lowest BCUT2D eigenvalue weighted by Crippen LogP contribution is -2.35. The van der Waals surface area contributed by atoms with Crippen LogP contribution in [0.5, 0.6) is 0 Å². The molecule has 0 unspecified atom stereocenters. The first-order valence-corrected chi connectivity index (χ1v) is 10.5. The van der Waals surface area contributed by atoms with Crippen LogP contribution in [0.4, 0.5) is 19.0 Å². The van der Waals surface area contributed by atoms with Crippen molar-refractivity contribution in [2.75, 3.05) is 18.5 Å². The summed E-state index contributed by atoms with van der Waals surface area (Å²) in [5, 5.41) is 11.3. The van der Waals surface area contributed by atoms with E-state index in [0.717, 1.165) is 0 Å². The number of nitrogens with one attached hydrogen (secondary N) is 1. The third kappa shape index (κ3) is 5.85. The Labute approximate surface area is 190 Å². The van der Waals surface area contributed by atoms with Crippen LogP contribution in [-0.4, -0.2) is 40.5 Å². The number of carbonyl (C=O) groups excluding carboxylic acids is 1. The quantitative estimate of drug-likeness (QED) is 0.449. The lowest BCUT2D eigenvalue weighted by Gasteiger charge is -2.30. The SMILES string of the molecule is CCOC(=O)c1cc(-c2ccc(NC[C@](C)(C[C@H](C)F)c3ncccc3F)nn2)ccc1F. The number of hydrogen-bond donors (Lipinski definition) is 1. The number of halogens is 3. The highest BCUT2D eigenvalue weighted by molar-refractivity contribution is 5.91. The Morgan fingerprint density at radius 2 is 1.94 bits per heavy atom. The topological polar surface area (TPSA) is 77.0 Å². The van der Waals surface area contributed by atoms with E-state index in [1.54, 1.807) is 26.0 Å². The van der Waals surface area contributed by atoms with E-state index < -0.39 is 29.2 Å². The number of aromatic nitrogens is 3. The Kier molecular flexibility index (Phi) is 7.63. The Hall–Kier alpha value is -3.49. The molecule has 1 aromatic carbocycles. The summed E-state index contributed by atoms with van der Waals surface area (Å²) in [6, 6.07) is 10.1. The molecule has 0 saturated carbocycles. The number of rotatable bonds is 9. The van der Waals surface area contributed by atoms with Gasteiger partial charge in [-0.05, 0) is 62.7 Å². The minimum absolute atomic E-state index is 0.0612. The largest absolute Gasteiger partial charge is 0.462 e. The molecule has 33 heavy (non-hydrogen) atoms. The first-order chi connectivity index (χ1) is 15.7. The fourth-order valence-electron chi connectivity index (χ4n) is 3.62. The molecule has 0 bridgehead atoms. The summed E-state index contributed by atoms with van der Waals surface area (Å²) in [6.45, 7) is 5.09. The van der Waals surface area contributed by atoms with Gasteiger partial charge in [-0.25, -0.2) is 18.0 Å². The Bertz CT molecular complexity index is 1110. The molecule has 3 rings (SSSR count). The van der Waals surface area contributed by atoms with Gasteiger partial charge in [0.25, 0.3) is 0 Å². The van der Waals surface area contributed by atoms with Gasteiger partial charge in [-0.2, -0.15) is 0 Å². The molecule has 9 heteroatoms. The van der Waals surface area contributed by atoms with Crippen LogP contribution in [-0.2, 0) is 10.2 Å². The van der Waals surface area contributed by atoms with Crippen molar-refractivity contribution in [1.29, 1.82) is 0 Å². The van der Waals surface area contributed by atoms with Gasteiger partial charge in [-0.15, -0.1) is 10.2 Å². The van der Waals surface area contributed by atoms with Crippen LogP contribution in [0.25, 0.3) is 11.3 Å². The van der Waals surface area contributed by atoms with Crippen LogP contribution < -0.4 is 5.32 Å². The molecule has 2 heterocycles. The van der Waals surface area contributed by atoms with E-state index >= 15 is 0 Å². The van der Waals surface area contributed by atoms with Crippen LogP contribution in [0.2, 0.25) is 0 Å². The maximum atomic E-state index is 14.4. The van der Waals surface area contributed by atoms with Crippen LogP contribution in [0, 0.1) is 11.6 Å². The van der Waals surface area contributed by atoms with E-state index in [2.05, 4.69) is 20.5 Å². The number of pyridine rings is 1. The summed E-state index contributed by atoms with van der Waals surface area (Å²) in [5.41, 5.74) is -0.0332. The maximum absolute atomic E-state index is 14.4. The molecular formula is C24H25F3N4O2. The van der Waals surface area contributed by atoms with Crippen molar-refractivity contribution >= 4 is 11.8 Å². The zero-order valence-corrected chi connectivity index (χ0v) is 18.6. The highest BCUT2D eigenvalue weighted by Crippen LogP contribution is 2.31. The molecule has 0 saturated heterocycles. The van der Waals surface area contributed by atoms with Crippen molar-refractivity contribution in [2.45, 2.75) is 38.8 Å². The number of esters is 1. The zero-order valence-electron chi connectivity index (χ0n) is 18.6. The van der Waals surface area contributed by atoms with Gasteiger partial charge in [-0.1, -0.05) is 6.92 Å². The lowest BCUT2D eigenvalue weighted by molar-refractivity contribution is 0.0521. The van der Waals surface area contributed by atoms with Gasteiger partial charge < -0.3 is 10.1 Å². The summed E-state index contributed by atoms with van der Waals surface area (Å²) < 4.78 is 47.1. The number of anilines is 1. The van der Waals surface area contributed by atoms with Crippen molar-refractivity contribution in [3.8, 4) is 11.3 Å². The molecule has 0 amide bonds. The predicted octanol–water partition coefficient (Wildman–Crippen LogP) is 5.11. The summed E-state index contributed by atoms with van der Waals surface area (Å²) in [6.07, 6.45) is 0.367. The van der Waals surface area contributed by atoms with Gasteiger partial charge in [0.1, 0.15) is 17.5 Å². The molecule has 174 valence electrons. The normalized spacial score (nSPS) is 13.8. The molecule has 0 fully saturated rings. The first-order valence-electron chi connectivity index (χ1n) is 10.5. The highest BCUT2D eigenvalue weighted by Gasteiger charge is 2.33. The van der Waals surface area contributed by atoms with Crippen LogP contribution in [0.3, 0.4) is 0 Å². The average Bonchev–Trinajstić information content (AvgIpc) is 2.78. The number of ether oxygens (including phenoxy) is 1. The monoisotopic (exact) mass is 458 g/mol. The second-order valence-corrected chi connectivity index (χ2v) is 7.95. The third-order valence-corrected chi connectivity index (χ3v) is 5.14. The second kappa shape index (κ2) is 10.4. The highest BCUT2D eigenvalue weighted by atomic mass is 19.1. The summed E-state index contributed by atoms with van der Waals surface area (Å²) in [7, 11) is 0. The van der Waals surface area contributed by atoms with Crippen LogP contribution in [0.1, 0.15) is 43.2 Å². The van der Waals surface area contributed by atoms with Gasteiger partial charge in [0.15, 0.2) is 0 Å². The Morgan fingerprint density at radius 3 is 2.58 bits per heavy atom. The molecular weight excluding hydrogens is 433 g/mol. The van der Waals surface area contributed by atoms with Gasteiger partial charge in [0.2, 0.25) is 0 Å². The Balaban J connectivity index is 1.78. The number of hydrogen-bond acceptors (Lipinski definition) is 6. The van der Waals surface area contributed by atoms with E-state index in [-0.39, 0.29) is 30.8 Å². The zero-order chi connectivity index (χ0) is 24.0. The van der Waals surface area contributed by atoms with E-state index in [9.17, 15) is 18.0 Å². The third-order valence-electron chi connectivity index (χ3n) is 5.14. The van der Waals surface area contributed by atoms with Crippen molar-refractivity contribution in [1.82, 2.24) is 15.2 Å². The second-order valence-electron chi connectivity index (χ2n) is 7.95. The van der Waals surface area contributed by atoms with Crippen LogP contribution in [0.15, 0.2) is 48.7 Å². The van der Waals surface area contributed by atoms with Crippen molar-refractivity contribution in [3.63, 3.8) is 0 Å². The Morgan fingerprint density at radius 1 is 1.15 bits per heavy atom. The summed E-state index contributed by atoms with van der Waals surface area (Å²) >= 11 is 0. The minimum Gasteiger partial charge on any atom is -0.462 e. The molecule has 0 aliphatic rings. The smallest absolute Gasteiger partial charge is 0.341 e. The maximum Gasteiger partial charge on any atom is 0.341 e. The van der Waals surface area contributed by atoms with E-state index in [0.29, 0.717) is 17.1 Å². The fourth-order valence-corrected chi connectivity index (χ4v) is 3.62. The average molecular weight is 458 g/mol. The van der Waals surface area contributed by atoms with Crippen LogP contribution >= 0.6 is 0 Å². The summed E-state index contributed by atoms with van der Waals surface area (Å²) in [4.78, 5) is 16.1. The number of alkyl halides is 1. The lowest BCUT2D eigenvalue weighted by atomic mass is 9.81. The molecule has 2 atom stereocenters. The molecule has 0 radical (unpaired) electrons. The fraction of sp³-hybridized carbons (Fsp3) is 0.333. The van der Waals surface area contributed by atoms with E-state index in [1.165, 1.54) is 43.5 Å². The molecule has 6 nitrogen and oxygen atoms in total. The molecule has 0 aliphatic carbocycles. The predicted molar refractivity (Wildman–Crippen MR) is 119 cm³/mol. The number of nitrogens with zero attached hydrogens (tertiary/aromatic N) is 3. The number of benzene rings is 1. The van der Waals surface area contributed by atoms with E-state index in [1.807, 2.05) is 0 Å². The molecule has 1 N–H and O–H groups in total. The van der Waals surface area contributed by atoms with Gasteiger partial charge in [0.05, 0.1) is 29.7 Å². The first kappa shape index (κ1) is 24.2. The molecule has 3 aromatic rings. The standard InChI is InChI=1S/C24H25F3N4O2/c1-4-33-23(32)17-12-16(7-8-18(17)26)20-9-10-21(31-30-20)29-14-24(3,13-15(2)25)22-19(27)6-5-11-28-22/h5-12,15H,4,13-14H2,1-3H3,(H,29,31)/t15-,24-/m0/s1. The van der Waals surface area contributed by atoms with Gasteiger partial charge in [0, 0.05) is 23.7 Å². The molecule has 2 aromatic heterocycles. The summed E-state index contributed by atoms with van der Waals surface area (Å²) in [5.74, 6) is -1.56. The molecule has 0 spiro atoms. The minimum atomic E-state index is -1.17. The van der Waals surface area contributed by atoms with Crippen molar-refractivity contribution in [3.05, 3.63) is 71.6 Å². The van der Waals surface area contributed by atoms with Gasteiger partial charge in [-0.3, -0.25) is 4.98 Å². The van der Waals surface area contributed by atoms with Crippen molar-refractivity contribution in [2.24, 2.45) is 0 Å². The molecule has 0 aliphatic heterocycles. The van der Waals surface area contributed by atoms with Gasteiger partial charge >= 0.3 is 5.97 Å².